The fraction of sp³-hybridized carbons (Fsp3) is 0.0455. The summed E-state index contributed by atoms with van der Waals surface area (Å²) in [5.74, 6) is -2.16. The van der Waals surface area contributed by atoms with Gasteiger partial charge in [0.1, 0.15) is 11.5 Å². The maximum Gasteiger partial charge on any atom is 0.435 e. The Morgan fingerprint density at radius 2 is 1.76 bits per heavy atom. The number of nitrogens with zero attached hydrogens (tertiary/aromatic N) is 2. The number of carbonyl (C=O) groups excluding carboxylic acids is 1. The lowest BCUT2D eigenvalue weighted by Crippen LogP contribution is -2.25. The fourth-order valence-electron chi connectivity index (χ4n) is 3.12. The Balaban J connectivity index is 1.73. The first-order chi connectivity index (χ1) is 15.5. The van der Waals surface area contributed by atoms with Crippen LogP contribution < -0.4 is 5.01 Å². The average molecular weight is 495 g/mol. The number of carboxylic acids is 1. The van der Waals surface area contributed by atoms with Crippen LogP contribution >= 0.6 is 23.2 Å². The molecular weight excluding hydrogens is 484 g/mol. The van der Waals surface area contributed by atoms with Gasteiger partial charge in [-0.05, 0) is 54.6 Å². The molecule has 6 nitrogen and oxygen atoms in total. The number of hydrogen-bond acceptors (Lipinski definition) is 4. The Morgan fingerprint density at radius 1 is 1.06 bits per heavy atom. The van der Waals surface area contributed by atoms with Crippen molar-refractivity contribution in [2.45, 2.75) is 6.18 Å². The summed E-state index contributed by atoms with van der Waals surface area (Å²) < 4.78 is 46.5. The molecule has 0 saturated heterocycles. The number of carboxylic acid groups (broad SMARTS) is 1. The van der Waals surface area contributed by atoms with E-state index in [1.807, 2.05) is 0 Å². The second-order valence-corrected chi connectivity index (χ2v) is 7.71. The highest BCUT2D eigenvalue weighted by molar-refractivity contribution is 6.35. The third-order valence-electron chi connectivity index (χ3n) is 4.54. The minimum Gasteiger partial charge on any atom is -0.478 e. The Morgan fingerprint density at radius 3 is 2.39 bits per heavy atom. The standard InChI is InChI=1S/C22H11Cl2F3N2O4/c23-13-6-12(7-14(24)9-13)18-5-4-16(33-18)10-17-19(22(25,26)27)28-29(20(17)30)15-3-1-2-11(8-15)21(31)32/h1-10H,(H,31,32)/b17-10-. The van der Waals surface area contributed by atoms with Crippen molar-refractivity contribution >= 4 is 52.6 Å². The van der Waals surface area contributed by atoms with Gasteiger partial charge in [-0.15, -0.1) is 0 Å². The second kappa shape index (κ2) is 8.42. The molecule has 1 aromatic heterocycles. The van der Waals surface area contributed by atoms with Crippen molar-refractivity contribution in [3.8, 4) is 11.3 Å². The van der Waals surface area contributed by atoms with Gasteiger partial charge in [0.25, 0.3) is 5.91 Å². The van der Waals surface area contributed by atoms with Crippen LogP contribution in [0.1, 0.15) is 16.1 Å². The predicted molar refractivity (Wildman–Crippen MR) is 117 cm³/mol. The van der Waals surface area contributed by atoms with Gasteiger partial charge in [-0.2, -0.15) is 23.3 Å². The van der Waals surface area contributed by atoms with Crippen molar-refractivity contribution in [1.29, 1.82) is 0 Å². The molecule has 168 valence electrons. The molecule has 0 aliphatic carbocycles. The molecule has 1 N–H and O–H groups in total. The maximum absolute atomic E-state index is 13.6. The van der Waals surface area contributed by atoms with Crippen LogP contribution in [0.15, 0.2) is 69.7 Å². The van der Waals surface area contributed by atoms with E-state index in [2.05, 4.69) is 5.10 Å². The van der Waals surface area contributed by atoms with Crippen LogP contribution in [-0.2, 0) is 4.79 Å². The summed E-state index contributed by atoms with van der Waals surface area (Å²) >= 11 is 11.9. The highest BCUT2D eigenvalue weighted by Crippen LogP contribution is 2.34. The topological polar surface area (TPSA) is 83.1 Å². The number of halogens is 5. The van der Waals surface area contributed by atoms with E-state index in [4.69, 9.17) is 32.7 Å². The number of rotatable bonds is 4. The number of hydrazone groups is 1. The summed E-state index contributed by atoms with van der Waals surface area (Å²) in [6.07, 6.45) is -4.03. The van der Waals surface area contributed by atoms with E-state index in [-0.39, 0.29) is 22.8 Å². The minimum atomic E-state index is -4.95. The van der Waals surface area contributed by atoms with Crippen LogP contribution in [-0.4, -0.2) is 28.9 Å². The molecule has 0 bridgehead atoms. The number of alkyl halides is 3. The summed E-state index contributed by atoms with van der Waals surface area (Å²) in [5, 5.41) is 13.7. The van der Waals surface area contributed by atoms with Crippen LogP contribution in [0.5, 0.6) is 0 Å². The number of amides is 1. The molecule has 4 rings (SSSR count). The first-order valence-corrected chi connectivity index (χ1v) is 9.90. The molecule has 0 unspecified atom stereocenters. The first-order valence-electron chi connectivity index (χ1n) is 9.15. The van der Waals surface area contributed by atoms with Gasteiger partial charge in [0.05, 0.1) is 16.8 Å². The minimum absolute atomic E-state index is 0.0393. The number of hydrogen-bond donors (Lipinski definition) is 1. The Bertz CT molecular complexity index is 1330. The number of anilines is 1. The van der Waals surface area contributed by atoms with Gasteiger partial charge in [0, 0.05) is 15.6 Å². The zero-order valence-electron chi connectivity index (χ0n) is 16.2. The summed E-state index contributed by atoms with van der Waals surface area (Å²) in [4.78, 5) is 24.0. The molecule has 2 aromatic carbocycles. The van der Waals surface area contributed by atoms with E-state index >= 15 is 0 Å². The van der Waals surface area contributed by atoms with Crippen LogP contribution in [0.25, 0.3) is 17.4 Å². The Labute approximate surface area is 194 Å². The van der Waals surface area contributed by atoms with Gasteiger partial charge in [0.15, 0.2) is 5.71 Å². The molecule has 1 aliphatic heterocycles. The molecule has 1 aliphatic rings. The van der Waals surface area contributed by atoms with E-state index in [1.165, 1.54) is 36.4 Å². The van der Waals surface area contributed by atoms with Crippen molar-refractivity contribution in [3.63, 3.8) is 0 Å². The Kier molecular flexibility index (Phi) is 5.77. The number of carbonyl (C=O) groups is 2. The smallest absolute Gasteiger partial charge is 0.435 e. The van der Waals surface area contributed by atoms with Crippen molar-refractivity contribution in [2.75, 3.05) is 5.01 Å². The van der Waals surface area contributed by atoms with E-state index in [9.17, 15) is 22.8 Å². The summed E-state index contributed by atoms with van der Waals surface area (Å²) in [6.45, 7) is 0. The fourth-order valence-corrected chi connectivity index (χ4v) is 3.65. The molecule has 0 atom stereocenters. The predicted octanol–water partition coefficient (Wildman–Crippen LogP) is 6.30. The molecular formula is C22H11Cl2F3N2O4. The van der Waals surface area contributed by atoms with Crippen molar-refractivity contribution < 1.29 is 32.3 Å². The van der Waals surface area contributed by atoms with Crippen LogP contribution in [0.3, 0.4) is 0 Å². The number of benzene rings is 2. The molecule has 0 spiro atoms. The third kappa shape index (κ3) is 4.64. The first kappa shape index (κ1) is 22.6. The van der Waals surface area contributed by atoms with Gasteiger partial charge >= 0.3 is 12.1 Å². The normalized spacial score (nSPS) is 15.3. The molecule has 0 radical (unpaired) electrons. The molecule has 0 saturated carbocycles. The van der Waals surface area contributed by atoms with Gasteiger partial charge in [-0.3, -0.25) is 4.79 Å². The average Bonchev–Trinajstić information content (AvgIpc) is 3.33. The maximum atomic E-state index is 13.6. The van der Waals surface area contributed by atoms with Crippen molar-refractivity contribution in [3.05, 3.63) is 81.5 Å². The monoisotopic (exact) mass is 494 g/mol. The molecule has 3 aromatic rings. The lowest BCUT2D eigenvalue weighted by Gasteiger charge is -2.11. The summed E-state index contributed by atoms with van der Waals surface area (Å²) in [5.41, 5.74) is -2.03. The lowest BCUT2D eigenvalue weighted by atomic mass is 10.1. The second-order valence-electron chi connectivity index (χ2n) is 6.84. The lowest BCUT2D eigenvalue weighted by molar-refractivity contribution is -0.114. The van der Waals surface area contributed by atoms with Gasteiger partial charge in [-0.25, -0.2) is 4.79 Å². The molecule has 11 heteroatoms. The van der Waals surface area contributed by atoms with Gasteiger partial charge in [0.2, 0.25) is 0 Å². The van der Waals surface area contributed by atoms with Crippen LogP contribution in [0.2, 0.25) is 10.0 Å². The Hall–Kier alpha value is -3.56. The summed E-state index contributed by atoms with van der Waals surface area (Å²) in [7, 11) is 0. The van der Waals surface area contributed by atoms with Crippen molar-refractivity contribution in [1.82, 2.24) is 0 Å². The SMILES string of the molecule is O=C(O)c1cccc(N2N=C(C(F)(F)F)/C(=C/c3ccc(-c4cc(Cl)cc(Cl)c4)o3)C2=O)c1. The number of furan rings is 1. The summed E-state index contributed by atoms with van der Waals surface area (Å²) in [6, 6.07) is 12.4. The van der Waals surface area contributed by atoms with E-state index in [0.717, 1.165) is 12.1 Å². The molecule has 0 fully saturated rings. The van der Waals surface area contributed by atoms with E-state index < -0.39 is 29.3 Å². The van der Waals surface area contributed by atoms with Crippen molar-refractivity contribution in [2.24, 2.45) is 5.10 Å². The van der Waals surface area contributed by atoms with Gasteiger partial charge in [-0.1, -0.05) is 29.3 Å². The molecule has 1 amide bonds. The largest absolute Gasteiger partial charge is 0.478 e. The van der Waals surface area contributed by atoms with Crippen LogP contribution in [0.4, 0.5) is 18.9 Å². The highest BCUT2D eigenvalue weighted by atomic mass is 35.5. The third-order valence-corrected chi connectivity index (χ3v) is 4.98. The van der Waals surface area contributed by atoms with E-state index in [0.29, 0.717) is 20.6 Å². The zero-order chi connectivity index (χ0) is 23.9. The zero-order valence-corrected chi connectivity index (χ0v) is 17.7. The quantitative estimate of drug-likeness (QED) is 0.431. The molecule has 2 heterocycles. The molecule has 33 heavy (non-hydrogen) atoms. The van der Waals surface area contributed by atoms with Gasteiger partial charge < -0.3 is 9.52 Å². The van der Waals surface area contributed by atoms with Crippen LogP contribution in [0, 0.1) is 0 Å². The van der Waals surface area contributed by atoms with E-state index in [1.54, 1.807) is 12.1 Å². The highest BCUT2D eigenvalue weighted by Gasteiger charge is 2.47. The number of aromatic carboxylic acids is 1.